The summed E-state index contributed by atoms with van der Waals surface area (Å²) in [6, 6.07) is -3.71. The average molecular weight is 488 g/mol. The number of thiol groups is 1. The van der Waals surface area contributed by atoms with Gasteiger partial charge in [0, 0.05) is 18.8 Å². The first kappa shape index (κ1) is 28.5. The number of aliphatic imine (C=N–C) groups is 1. The maximum atomic E-state index is 13.0. The van der Waals surface area contributed by atoms with Gasteiger partial charge in [0.25, 0.3) is 0 Å². The fourth-order valence-corrected chi connectivity index (χ4v) is 3.79. The van der Waals surface area contributed by atoms with Crippen LogP contribution in [0.5, 0.6) is 0 Å². The smallest absolute Gasteiger partial charge is 0.326 e. The van der Waals surface area contributed by atoms with Gasteiger partial charge in [0.1, 0.15) is 18.1 Å². The number of nitrogens with zero attached hydrogens (tertiary/aromatic N) is 2. The van der Waals surface area contributed by atoms with Gasteiger partial charge in [-0.25, -0.2) is 4.79 Å². The van der Waals surface area contributed by atoms with Crippen molar-refractivity contribution >= 4 is 42.3 Å². The van der Waals surface area contributed by atoms with Gasteiger partial charge in [-0.15, -0.1) is 0 Å². The van der Waals surface area contributed by atoms with Crippen molar-refractivity contribution in [1.82, 2.24) is 15.5 Å². The Morgan fingerprint density at radius 1 is 1.21 bits per heavy atom. The van der Waals surface area contributed by atoms with Crippen molar-refractivity contribution in [3.8, 4) is 0 Å². The Kier molecular flexibility index (Phi) is 12.0. The predicted octanol–water partition coefficient (Wildman–Crippen LogP) is -1.61. The summed E-state index contributed by atoms with van der Waals surface area (Å²) in [7, 11) is 0. The van der Waals surface area contributed by atoms with E-state index < -0.39 is 47.9 Å². The number of carbonyl (C=O) groups is 4. The van der Waals surface area contributed by atoms with Crippen LogP contribution >= 0.6 is 12.6 Å². The van der Waals surface area contributed by atoms with Gasteiger partial charge < -0.3 is 37.8 Å². The van der Waals surface area contributed by atoms with Gasteiger partial charge in [-0.1, -0.05) is 20.3 Å². The minimum absolute atomic E-state index is 0.0150. The quantitative estimate of drug-likeness (QED) is 0.0694. The summed E-state index contributed by atoms with van der Waals surface area (Å²) in [5.74, 6) is -2.94. The van der Waals surface area contributed by atoms with Gasteiger partial charge in [0.15, 0.2) is 5.96 Å². The van der Waals surface area contributed by atoms with Crippen molar-refractivity contribution in [2.45, 2.75) is 70.1 Å². The van der Waals surface area contributed by atoms with Crippen LogP contribution in [0.4, 0.5) is 0 Å². The van der Waals surface area contributed by atoms with Gasteiger partial charge in [0.2, 0.25) is 17.7 Å². The third kappa shape index (κ3) is 8.72. The lowest BCUT2D eigenvalue weighted by molar-refractivity contribution is -0.149. The summed E-state index contributed by atoms with van der Waals surface area (Å²) in [4.78, 5) is 55.0. The molecule has 12 nitrogen and oxygen atoms in total. The second-order valence-corrected chi connectivity index (χ2v) is 8.56. The van der Waals surface area contributed by atoms with Gasteiger partial charge >= 0.3 is 5.97 Å². The summed E-state index contributed by atoms with van der Waals surface area (Å²) in [5, 5.41) is 14.6. The van der Waals surface area contributed by atoms with E-state index in [9.17, 15) is 24.3 Å². The van der Waals surface area contributed by atoms with Crippen molar-refractivity contribution in [2.75, 3.05) is 18.8 Å². The average Bonchev–Trinajstić information content (AvgIpc) is 3.27. The van der Waals surface area contributed by atoms with Crippen LogP contribution in [0.2, 0.25) is 0 Å². The predicted molar refractivity (Wildman–Crippen MR) is 127 cm³/mol. The number of hydrogen-bond donors (Lipinski definition) is 7. The molecular formula is C20H37N7O5S. The molecule has 1 aliphatic rings. The Morgan fingerprint density at radius 3 is 2.42 bits per heavy atom. The van der Waals surface area contributed by atoms with Crippen molar-refractivity contribution in [1.29, 1.82) is 0 Å². The third-order valence-corrected chi connectivity index (χ3v) is 6.08. The highest BCUT2D eigenvalue weighted by molar-refractivity contribution is 7.80. The molecular weight excluding hydrogens is 450 g/mol. The molecule has 3 amide bonds. The van der Waals surface area contributed by atoms with Crippen LogP contribution in [0, 0.1) is 5.92 Å². The molecule has 0 radical (unpaired) electrons. The Morgan fingerprint density at radius 2 is 1.88 bits per heavy atom. The van der Waals surface area contributed by atoms with E-state index in [0.29, 0.717) is 45.2 Å². The molecule has 13 heteroatoms. The summed E-state index contributed by atoms with van der Waals surface area (Å²) < 4.78 is 0. The van der Waals surface area contributed by atoms with Crippen LogP contribution in [0.3, 0.4) is 0 Å². The molecule has 1 fully saturated rings. The fraction of sp³-hybridized carbons (Fsp3) is 0.750. The summed E-state index contributed by atoms with van der Waals surface area (Å²) in [6.07, 6.45) is 2.33. The summed E-state index contributed by atoms with van der Waals surface area (Å²) >= 11 is 4.17. The van der Waals surface area contributed by atoms with Crippen molar-refractivity contribution in [3.05, 3.63) is 0 Å². The highest BCUT2D eigenvalue weighted by atomic mass is 32.1. The number of amides is 3. The molecule has 1 heterocycles. The van der Waals surface area contributed by atoms with E-state index >= 15 is 0 Å². The first-order chi connectivity index (χ1) is 15.5. The van der Waals surface area contributed by atoms with Crippen molar-refractivity contribution in [2.24, 2.45) is 28.1 Å². The molecule has 0 aromatic carbocycles. The monoisotopic (exact) mass is 487 g/mol. The van der Waals surface area contributed by atoms with E-state index in [1.54, 1.807) is 6.92 Å². The second kappa shape index (κ2) is 13.9. The minimum Gasteiger partial charge on any atom is -0.480 e. The van der Waals surface area contributed by atoms with Gasteiger partial charge in [-0.3, -0.25) is 19.4 Å². The number of carboxylic acids is 1. The molecule has 9 N–H and O–H groups in total. The van der Waals surface area contributed by atoms with Crippen LogP contribution in [0.25, 0.3) is 0 Å². The van der Waals surface area contributed by atoms with E-state index in [4.69, 9.17) is 17.2 Å². The molecule has 33 heavy (non-hydrogen) atoms. The largest absolute Gasteiger partial charge is 0.480 e. The zero-order chi connectivity index (χ0) is 25.1. The van der Waals surface area contributed by atoms with E-state index in [2.05, 4.69) is 28.3 Å². The highest BCUT2D eigenvalue weighted by Crippen LogP contribution is 2.19. The standard InChI is InChI=1S/C20H37N7O5S/c1-3-11(2)15(26-16(28)12(21)6-4-8-24-20(22)23)17(29)25-13(10-33)18(30)27-9-5-7-14(27)19(31)32/h11-15,33H,3-10,21H2,1-2H3,(H,25,29)(H,26,28)(H,31,32)(H4,22,23,24). The van der Waals surface area contributed by atoms with Crippen LogP contribution < -0.4 is 27.8 Å². The lowest BCUT2D eigenvalue weighted by Crippen LogP contribution is -2.59. The second-order valence-electron chi connectivity index (χ2n) is 8.20. The maximum absolute atomic E-state index is 13.0. The highest BCUT2D eigenvalue weighted by Gasteiger charge is 2.38. The fourth-order valence-electron chi connectivity index (χ4n) is 3.55. The van der Waals surface area contributed by atoms with Gasteiger partial charge in [-0.2, -0.15) is 12.6 Å². The zero-order valence-electron chi connectivity index (χ0n) is 19.2. The maximum Gasteiger partial charge on any atom is 0.326 e. The van der Waals surface area contributed by atoms with Crippen LogP contribution in [-0.2, 0) is 19.2 Å². The number of rotatable bonds is 13. The number of nitrogens with two attached hydrogens (primary N) is 3. The Labute approximate surface area is 199 Å². The molecule has 0 aromatic heterocycles. The molecule has 0 aliphatic carbocycles. The van der Waals surface area contributed by atoms with Crippen LogP contribution in [0.15, 0.2) is 4.99 Å². The molecule has 1 rings (SSSR count). The third-order valence-electron chi connectivity index (χ3n) is 5.72. The molecule has 1 saturated heterocycles. The Hall–Kier alpha value is -2.54. The number of carboxylic acid groups (broad SMARTS) is 1. The molecule has 5 unspecified atom stereocenters. The number of hydrogen-bond acceptors (Lipinski definition) is 7. The van der Waals surface area contributed by atoms with Gasteiger partial charge in [-0.05, 0) is 31.6 Å². The molecule has 1 aliphatic heterocycles. The number of guanidine groups is 1. The van der Waals surface area contributed by atoms with E-state index in [-0.39, 0.29) is 17.6 Å². The van der Waals surface area contributed by atoms with E-state index in [1.165, 1.54) is 4.90 Å². The SMILES string of the molecule is CCC(C)C(NC(=O)C(N)CCCN=C(N)N)C(=O)NC(CS)C(=O)N1CCCC1C(=O)O. The zero-order valence-corrected chi connectivity index (χ0v) is 20.1. The minimum atomic E-state index is -1.08. The van der Waals surface area contributed by atoms with Crippen molar-refractivity contribution in [3.63, 3.8) is 0 Å². The van der Waals surface area contributed by atoms with E-state index in [1.807, 2.05) is 6.92 Å². The van der Waals surface area contributed by atoms with Crippen LogP contribution in [0.1, 0.15) is 46.0 Å². The Bertz CT molecular complexity index is 732. The first-order valence-electron chi connectivity index (χ1n) is 11.1. The van der Waals surface area contributed by atoms with E-state index in [0.717, 1.165) is 0 Å². The molecule has 0 bridgehead atoms. The molecule has 0 saturated carbocycles. The molecule has 0 aromatic rings. The lowest BCUT2D eigenvalue weighted by Gasteiger charge is -2.29. The molecule has 5 atom stereocenters. The normalized spacial score (nSPS) is 19.2. The number of carbonyl (C=O) groups excluding carboxylic acids is 3. The lowest BCUT2D eigenvalue weighted by atomic mass is 9.97. The summed E-state index contributed by atoms with van der Waals surface area (Å²) in [6.45, 7) is 4.30. The number of likely N-dealkylation sites (tertiary alicyclic amines) is 1. The number of nitrogens with one attached hydrogen (secondary N) is 2. The van der Waals surface area contributed by atoms with Gasteiger partial charge in [0.05, 0.1) is 6.04 Å². The van der Waals surface area contributed by atoms with Crippen molar-refractivity contribution < 1.29 is 24.3 Å². The molecule has 188 valence electrons. The topological polar surface area (TPSA) is 206 Å². The first-order valence-corrected chi connectivity index (χ1v) is 11.7. The Balaban J connectivity index is 2.81. The summed E-state index contributed by atoms with van der Waals surface area (Å²) in [5.41, 5.74) is 16.5. The molecule has 0 spiro atoms. The van der Waals surface area contributed by atoms with Crippen LogP contribution in [-0.4, -0.2) is 82.7 Å². The number of aliphatic carboxylic acids is 1.